The number of nitrogens with zero attached hydrogens (tertiary/aromatic N) is 3. The van der Waals surface area contributed by atoms with Crippen LogP contribution in [0.2, 0.25) is 0 Å². The van der Waals surface area contributed by atoms with Crippen molar-refractivity contribution in [2.75, 3.05) is 13.1 Å². The maximum Gasteiger partial charge on any atom is 0.0686 e. The molecule has 118 valence electrons. The summed E-state index contributed by atoms with van der Waals surface area (Å²) >= 11 is 3.50. The molecular weight excluding hydrogens is 350 g/mol. The zero-order chi connectivity index (χ0) is 15.6. The lowest BCUT2D eigenvalue weighted by Crippen LogP contribution is -2.36. The average Bonchev–Trinajstić information content (AvgIpc) is 3.01. The van der Waals surface area contributed by atoms with Crippen molar-refractivity contribution in [2.24, 2.45) is 0 Å². The minimum atomic E-state index is 0.471. The Kier molecular flexibility index (Phi) is 4.19. The topological polar surface area (TPSA) is 21.1 Å². The van der Waals surface area contributed by atoms with Crippen LogP contribution in [0.25, 0.3) is 10.9 Å². The van der Waals surface area contributed by atoms with Crippen LogP contribution in [0.3, 0.4) is 0 Å². The first kappa shape index (κ1) is 14.9. The van der Waals surface area contributed by atoms with Gasteiger partial charge in [0.25, 0.3) is 0 Å². The highest BCUT2D eigenvalue weighted by molar-refractivity contribution is 9.10. The summed E-state index contributed by atoms with van der Waals surface area (Å²) in [5, 5.41) is 5.89. The number of aromatic nitrogens is 2. The molecule has 0 aliphatic carbocycles. The summed E-state index contributed by atoms with van der Waals surface area (Å²) in [7, 11) is 0. The highest BCUT2D eigenvalue weighted by Gasteiger charge is 2.23. The highest BCUT2D eigenvalue weighted by Crippen LogP contribution is 2.26. The standard InChI is InChI=1S/C19H20BrN3/c20-17-9-7-15(8-10-17)13-22-11-3-5-18(14-22)23-19-6-2-1-4-16(19)12-21-23/h1-2,4,6-10,12,18H,3,5,11,13-14H2/t18-/m1/s1. The molecular formula is C19H20BrN3. The average molecular weight is 370 g/mol. The molecule has 1 fully saturated rings. The molecule has 0 bridgehead atoms. The summed E-state index contributed by atoms with van der Waals surface area (Å²) in [4.78, 5) is 2.55. The lowest BCUT2D eigenvalue weighted by Gasteiger charge is -2.33. The van der Waals surface area contributed by atoms with Gasteiger partial charge in [-0.15, -0.1) is 0 Å². The second-order valence-corrected chi connectivity index (χ2v) is 7.22. The minimum Gasteiger partial charge on any atom is -0.297 e. The molecule has 2 heterocycles. The van der Waals surface area contributed by atoms with Gasteiger partial charge in [0.15, 0.2) is 0 Å². The third-order valence-corrected chi connectivity index (χ3v) is 5.18. The second kappa shape index (κ2) is 6.46. The number of benzene rings is 2. The van der Waals surface area contributed by atoms with E-state index < -0.39 is 0 Å². The Balaban J connectivity index is 1.51. The van der Waals surface area contributed by atoms with Crippen LogP contribution in [0.5, 0.6) is 0 Å². The van der Waals surface area contributed by atoms with E-state index in [-0.39, 0.29) is 0 Å². The molecule has 1 atom stereocenters. The summed E-state index contributed by atoms with van der Waals surface area (Å²) in [6.07, 6.45) is 4.43. The third-order valence-electron chi connectivity index (χ3n) is 4.65. The Hall–Kier alpha value is -1.65. The fraction of sp³-hybridized carbons (Fsp3) is 0.316. The molecule has 2 aromatic carbocycles. The van der Waals surface area contributed by atoms with Gasteiger partial charge in [-0.3, -0.25) is 9.58 Å². The molecule has 1 aliphatic rings. The maximum absolute atomic E-state index is 4.66. The molecule has 1 aromatic heterocycles. The van der Waals surface area contributed by atoms with Crippen molar-refractivity contribution >= 4 is 26.8 Å². The van der Waals surface area contributed by atoms with Gasteiger partial charge >= 0.3 is 0 Å². The van der Waals surface area contributed by atoms with Crippen LogP contribution in [-0.4, -0.2) is 27.8 Å². The smallest absolute Gasteiger partial charge is 0.0686 e. The van der Waals surface area contributed by atoms with Gasteiger partial charge in [-0.25, -0.2) is 0 Å². The summed E-state index contributed by atoms with van der Waals surface area (Å²) in [5.41, 5.74) is 2.63. The zero-order valence-corrected chi connectivity index (χ0v) is 14.6. The van der Waals surface area contributed by atoms with Gasteiger partial charge < -0.3 is 0 Å². The number of hydrogen-bond donors (Lipinski definition) is 0. The fourth-order valence-electron chi connectivity index (χ4n) is 3.51. The van der Waals surface area contributed by atoms with Crippen molar-refractivity contribution in [3.63, 3.8) is 0 Å². The molecule has 0 radical (unpaired) electrons. The van der Waals surface area contributed by atoms with E-state index in [9.17, 15) is 0 Å². The second-order valence-electron chi connectivity index (χ2n) is 6.31. The fourth-order valence-corrected chi connectivity index (χ4v) is 3.77. The zero-order valence-electron chi connectivity index (χ0n) is 13.0. The number of likely N-dealkylation sites (tertiary alicyclic amines) is 1. The molecule has 1 aliphatic heterocycles. The van der Waals surface area contributed by atoms with E-state index in [0.29, 0.717) is 6.04 Å². The van der Waals surface area contributed by atoms with Crippen LogP contribution in [0, 0.1) is 0 Å². The maximum atomic E-state index is 4.66. The van der Waals surface area contributed by atoms with E-state index in [1.54, 1.807) is 0 Å². The molecule has 1 saturated heterocycles. The number of hydrogen-bond acceptors (Lipinski definition) is 2. The van der Waals surface area contributed by atoms with Crippen LogP contribution < -0.4 is 0 Å². The van der Waals surface area contributed by atoms with E-state index in [0.717, 1.165) is 17.6 Å². The Morgan fingerprint density at radius 1 is 1.09 bits per heavy atom. The molecule has 4 rings (SSSR count). The van der Waals surface area contributed by atoms with E-state index in [2.05, 4.69) is 79.1 Å². The van der Waals surface area contributed by atoms with E-state index in [1.807, 2.05) is 6.20 Å². The first-order chi connectivity index (χ1) is 11.3. The number of fused-ring (bicyclic) bond motifs is 1. The highest BCUT2D eigenvalue weighted by atomic mass is 79.9. The van der Waals surface area contributed by atoms with Gasteiger partial charge in [0.1, 0.15) is 0 Å². The van der Waals surface area contributed by atoms with Gasteiger partial charge in [0, 0.05) is 22.9 Å². The summed E-state index contributed by atoms with van der Waals surface area (Å²) < 4.78 is 3.36. The SMILES string of the molecule is Brc1ccc(CN2CCC[C@@H](n3ncc4ccccc43)C2)cc1. The van der Waals surface area contributed by atoms with Crippen molar-refractivity contribution in [2.45, 2.75) is 25.4 Å². The van der Waals surface area contributed by atoms with Gasteiger partial charge in [-0.2, -0.15) is 5.10 Å². The molecule has 0 amide bonds. The number of para-hydroxylation sites is 1. The van der Waals surface area contributed by atoms with Crippen LogP contribution >= 0.6 is 15.9 Å². The number of rotatable bonds is 3. The summed E-state index contributed by atoms with van der Waals surface area (Å²) in [6, 6.07) is 17.6. The third kappa shape index (κ3) is 3.19. The Morgan fingerprint density at radius 2 is 1.91 bits per heavy atom. The monoisotopic (exact) mass is 369 g/mol. The number of halogens is 1. The van der Waals surface area contributed by atoms with Crippen LogP contribution in [0.1, 0.15) is 24.4 Å². The van der Waals surface area contributed by atoms with Crippen LogP contribution in [0.4, 0.5) is 0 Å². The quantitative estimate of drug-likeness (QED) is 0.670. The van der Waals surface area contributed by atoms with Gasteiger partial charge in [0.05, 0.1) is 17.8 Å². The predicted molar refractivity (Wildman–Crippen MR) is 97.4 cm³/mol. The molecule has 0 saturated carbocycles. The molecule has 3 aromatic rings. The van der Waals surface area contributed by atoms with Crippen molar-refractivity contribution in [3.8, 4) is 0 Å². The first-order valence-electron chi connectivity index (χ1n) is 8.19. The molecule has 0 unspecified atom stereocenters. The van der Waals surface area contributed by atoms with Crippen molar-refractivity contribution < 1.29 is 0 Å². The first-order valence-corrected chi connectivity index (χ1v) is 8.98. The lowest BCUT2D eigenvalue weighted by molar-refractivity contribution is 0.165. The van der Waals surface area contributed by atoms with Crippen molar-refractivity contribution in [3.05, 3.63) is 64.8 Å². The van der Waals surface area contributed by atoms with Gasteiger partial charge in [-0.1, -0.05) is 46.3 Å². The molecule has 4 heteroatoms. The van der Waals surface area contributed by atoms with E-state index in [4.69, 9.17) is 0 Å². The Morgan fingerprint density at radius 3 is 2.78 bits per heavy atom. The largest absolute Gasteiger partial charge is 0.297 e. The molecule has 23 heavy (non-hydrogen) atoms. The molecule has 3 nitrogen and oxygen atoms in total. The summed E-state index contributed by atoms with van der Waals surface area (Å²) in [6.45, 7) is 3.26. The van der Waals surface area contributed by atoms with Gasteiger partial charge in [0.2, 0.25) is 0 Å². The number of piperidine rings is 1. The molecule has 0 N–H and O–H groups in total. The van der Waals surface area contributed by atoms with Gasteiger partial charge in [-0.05, 0) is 43.1 Å². The molecule has 0 spiro atoms. The van der Waals surface area contributed by atoms with E-state index >= 15 is 0 Å². The van der Waals surface area contributed by atoms with Crippen molar-refractivity contribution in [1.29, 1.82) is 0 Å². The van der Waals surface area contributed by atoms with E-state index in [1.165, 1.54) is 35.9 Å². The lowest BCUT2D eigenvalue weighted by atomic mass is 10.0. The Bertz CT molecular complexity index is 794. The normalized spacial score (nSPS) is 19.3. The Labute approximate surface area is 145 Å². The van der Waals surface area contributed by atoms with Crippen LogP contribution in [0.15, 0.2) is 59.2 Å². The minimum absolute atomic E-state index is 0.471. The summed E-state index contributed by atoms with van der Waals surface area (Å²) in [5.74, 6) is 0. The van der Waals surface area contributed by atoms with Crippen molar-refractivity contribution in [1.82, 2.24) is 14.7 Å². The van der Waals surface area contributed by atoms with Crippen LogP contribution in [-0.2, 0) is 6.54 Å². The predicted octanol–water partition coefficient (Wildman–Crippen LogP) is 4.64.